The van der Waals surface area contributed by atoms with E-state index in [9.17, 15) is 15.0 Å². The molecule has 3 N–H and O–H groups in total. The first-order valence-corrected chi connectivity index (χ1v) is 12.8. The molecule has 0 aliphatic heterocycles. The highest BCUT2D eigenvalue weighted by molar-refractivity contribution is 5.88. The second kappa shape index (κ2) is 10.6. The van der Waals surface area contributed by atoms with Gasteiger partial charge in [-0.15, -0.1) is 10.2 Å². The Bertz CT molecular complexity index is 1580. The lowest BCUT2D eigenvalue weighted by atomic mass is 9.93. The fourth-order valence-corrected chi connectivity index (χ4v) is 4.76. The highest BCUT2D eigenvalue weighted by atomic mass is 16.4. The molecule has 0 unspecified atom stereocenters. The van der Waals surface area contributed by atoms with Crippen molar-refractivity contribution in [1.82, 2.24) is 30.2 Å². The van der Waals surface area contributed by atoms with Gasteiger partial charge in [0.15, 0.2) is 5.69 Å². The summed E-state index contributed by atoms with van der Waals surface area (Å²) in [5, 5.41) is 35.3. The zero-order chi connectivity index (χ0) is 27.6. The van der Waals surface area contributed by atoms with Gasteiger partial charge in [-0.05, 0) is 65.4 Å². The molecule has 5 rings (SSSR count). The average Bonchev–Trinajstić information content (AvgIpc) is 3.59. The minimum atomic E-state index is -1.37. The van der Waals surface area contributed by atoms with Gasteiger partial charge in [0.1, 0.15) is 17.1 Å². The van der Waals surface area contributed by atoms with Crippen LogP contribution in [0, 0.1) is 0 Å². The van der Waals surface area contributed by atoms with Gasteiger partial charge >= 0.3 is 5.97 Å². The zero-order valence-electron chi connectivity index (χ0n) is 22.1. The number of tetrazole rings is 1. The molecule has 5 aromatic rings. The second-order valence-electron chi connectivity index (χ2n) is 9.98. The van der Waals surface area contributed by atoms with Crippen LogP contribution in [0.1, 0.15) is 54.8 Å². The standard InChI is InChI=1S/C30H30N6O3/c1-4-8-25-31-27(30(2,3)39)26(29(37)38)36(25)18-19-11-13-21(14-12-19)24-17-22(20-9-6-5-7-10-20)15-16-23(24)28-32-34-35-33-28/h5-7,9-17,39H,4,8,18H2,1-3H3,(H,37,38)(H,32,33,34,35). The largest absolute Gasteiger partial charge is 0.477 e. The van der Waals surface area contributed by atoms with Crippen LogP contribution in [0.3, 0.4) is 0 Å². The van der Waals surface area contributed by atoms with Gasteiger partial charge in [-0.2, -0.15) is 5.21 Å². The second-order valence-corrected chi connectivity index (χ2v) is 9.98. The molecule has 0 fully saturated rings. The van der Waals surface area contributed by atoms with E-state index < -0.39 is 11.6 Å². The maximum absolute atomic E-state index is 12.2. The van der Waals surface area contributed by atoms with Crippen LogP contribution in [0.4, 0.5) is 0 Å². The summed E-state index contributed by atoms with van der Waals surface area (Å²) in [5.41, 5.74) is 4.67. The molecular weight excluding hydrogens is 492 g/mol. The molecule has 39 heavy (non-hydrogen) atoms. The van der Waals surface area contributed by atoms with Gasteiger partial charge in [0.05, 0.1) is 0 Å². The lowest BCUT2D eigenvalue weighted by Gasteiger charge is -2.16. The summed E-state index contributed by atoms with van der Waals surface area (Å²) >= 11 is 0. The number of H-pyrrole nitrogens is 1. The number of benzene rings is 3. The van der Waals surface area contributed by atoms with E-state index in [-0.39, 0.29) is 11.4 Å². The van der Waals surface area contributed by atoms with Gasteiger partial charge in [-0.1, -0.05) is 67.6 Å². The SMILES string of the molecule is CCCc1nc(C(C)(C)O)c(C(=O)O)n1Cc1ccc(-c2cc(-c3ccccc3)ccc2-c2nn[nH]n2)cc1. The fraction of sp³-hybridized carbons (Fsp3) is 0.233. The van der Waals surface area contributed by atoms with Crippen LogP contribution in [0.15, 0.2) is 72.8 Å². The van der Waals surface area contributed by atoms with Gasteiger partial charge in [0, 0.05) is 18.5 Å². The van der Waals surface area contributed by atoms with Crippen LogP contribution < -0.4 is 0 Å². The smallest absolute Gasteiger partial charge is 0.354 e. The van der Waals surface area contributed by atoms with Gasteiger partial charge in [0.25, 0.3) is 0 Å². The van der Waals surface area contributed by atoms with E-state index in [4.69, 9.17) is 0 Å². The number of rotatable bonds is 9. The van der Waals surface area contributed by atoms with Crippen molar-refractivity contribution >= 4 is 5.97 Å². The van der Waals surface area contributed by atoms with Crippen molar-refractivity contribution in [3.05, 3.63) is 95.6 Å². The van der Waals surface area contributed by atoms with Crippen LogP contribution in [-0.2, 0) is 18.6 Å². The number of hydrogen-bond acceptors (Lipinski definition) is 6. The van der Waals surface area contributed by atoms with Crippen molar-refractivity contribution < 1.29 is 15.0 Å². The van der Waals surface area contributed by atoms with Crippen molar-refractivity contribution in [3.8, 4) is 33.6 Å². The predicted molar refractivity (Wildman–Crippen MR) is 148 cm³/mol. The number of hydrogen-bond donors (Lipinski definition) is 3. The topological polar surface area (TPSA) is 130 Å². The lowest BCUT2D eigenvalue weighted by Crippen LogP contribution is -2.22. The van der Waals surface area contributed by atoms with Crippen LogP contribution in [-0.4, -0.2) is 46.4 Å². The molecular formula is C30H30N6O3. The number of carboxylic acid groups (broad SMARTS) is 1. The molecule has 0 bridgehead atoms. The van der Waals surface area contributed by atoms with Crippen molar-refractivity contribution in [3.63, 3.8) is 0 Å². The number of aromatic nitrogens is 6. The molecule has 3 aromatic carbocycles. The van der Waals surface area contributed by atoms with Gasteiger partial charge < -0.3 is 14.8 Å². The normalized spacial score (nSPS) is 11.6. The molecule has 0 radical (unpaired) electrons. The number of imidazole rings is 1. The number of nitrogens with one attached hydrogen (secondary N) is 1. The molecule has 0 atom stereocenters. The van der Waals surface area contributed by atoms with Gasteiger partial charge in [0.2, 0.25) is 5.82 Å². The summed E-state index contributed by atoms with van der Waals surface area (Å²) in [6.45, 7) is 5.45. The molecule has 2 aromatic heterocycles. The molecule has 0 amide bonds. The van der Waals surface area contributed by atoms with E-state index in [0.29, 0.717) is 24.6 Å². The zero-order valence-corrected chi connectivity index (χ0v) is 22.1. The van der Waals surface area contributed by atoms with Crippen LogP contribution in [0.5, 0.6) is 0 Å². The van der Waals surface area contributed by atoms with Gasteiger partial charge in [-0.25, -0.2) is 9.78 Å². The van der Waals surface area contributed by atoms with E-state index in [0.717, 1.165) is 39.8 Å². The number of aromatic carboxylic acids is 1. The lowest BCUT2D eigenvalue weighted by molar-refractivity contribution is 0.0602. The minimum Gasteiger partial charge on any atom is -0.477 e. The maximum atomic E-state index is 12.2. The summed E-state index contributed by atoms with van der Waals surface area (Å²) in [6, 6.07) is 24.3. The molecule has 0 aliphatic carbocycles. The summed E-state index contributed by atoms with van der Waals surface area (Å²) in [7, 11) is 0. The molecule has 2 heterocycles. The Morgan fingerprint density at radius 3 is 2.28 bits per heavy atom. The Kier molecular flexibility index (Phi) is 7.08. The van der Waals surface area contributed by atoms with E-state index in [2.05, 4.69) is 43.8 Å². The fourth-order valence-electron chi connectivity index (χ4n) is 4.76. The van der Waals surface area contributed by atoms with E-state index in [1.807, 2.05) is 61.5 Å². The molecule has 0 aliphatic rings. The molecule has 198 valence electrons. The molecule has 0 spiro atoms. The Morgan fingerprint density at radius 2 is 1.67 bits per heavy atom. The van der Waals surface area contributed by atoms with E-state index >= 15 is 0 Å². The number of carbonyl (C=O) groups is 1. The van der Waals surface area contributed by atoms with Crippen molar-refractivity contribution in [2.75, 3.05) is 0 Å². The first kappa shape index (κ1) is 26.0. The third kappa shape index (κ3) is 5.35. The minimum absolute atomic E-state index is 0.0185. The number of nitrogens with zero attached hydrogens (tertiary/aromatic N) is 5. The molecule has 9 heteroatoms. The van der Waals surface area contributed by atoms with E-state index in [1.165, 1.54) is 0 Å². The first-order valence-electron chi connectivity index (χ1n) is 12.8. The maximum Gasteiger partial charge on any atom is 0.354 e. The summed E-state index contributed by atoms with van der Waals surface area (Å²) in [5.74, 6) is 0.0358. The average molecular weight is 523 g/mol. The number of aliphatic hydroxyl groups is 1. The number of aromatic amines is 1. The van der Waals surface area contributed by atoms with Gasteiger partial charge in [-0.3, -0.25) is 0 Å². The molecule has 0 saturated carbocycles. The van der Waals surface area contributed by atoms with Crippen molar-refractivity contribution in [1.29, 1.82) is 0 Å². The molecule has 9 nitrogen and oxygen atoms in total. The first-order chi connectivity index (χ1) is 18.8. The van der Waals surface area contributed by atoms with Crippen molar-refractivity contribution in [2.24, 2.45) is 0 Å². The Morgan fingerprint density at radius 1 is 0.949 bits per heavy atom. The highest BCUT2D eigenvalue weighted by Crippen LogP contribution is 2.34. The summed E-state index contributed by atoms with van der Waals surface area (Å²) < 4.78 is 1.70. The quantitative estimate of drug-likeness (QED) is 0.239. The predicted octanol–water partition coefficient (Wildman–Crippen LogP) is 5.32. The van der Waals surface area contributed by atoms with Crippen LogP contribution in [0.25, 0.3) is 33.6 Å². The summed E-state index contributed by atoms with van der Waals surface area (Å²) in [4.78, 5) is 16.8. The Labute approximate surface area is 226 Å². The Hall–Kier alpha value is -4.63. The highest BCUT2D eigenvalue weighted by Gasteiger charge is 2.31. The molecule has 0 saturated heterocycles. The van der Waals surface area contributed by atoms with E-state index in [1.54, 1.807) is 18.4 Å². The third-order valence-electron chi connectivity index (χ3n) is 6.62. The summed E-state index contributed by atoms with van der Waals surface area (Å²) in [6.07, 6.45) is 1.41. The Balaban J connectivity index is 1.54. The van der Waals surface area contributed by atoms with Crippen LogP contribution >= 0.6 is 0 Å². The number of carboxylic acids is 1. The number of aryl methyl sites for hydroxylation is 1. The monoisotopic (exact) mass is 522 g/mol. The van der Waals surface area contributed by atoms with Crippen molar-refractivity contribution in [2.45, 2.75) is 45.8 Å². The van der Waals surface area contributed by atoms with Crippen LogP contribution in [0.2, 0.25) is 0 Å². The third-order valence-corrected chi connectivity index (χ3v) is 6.62.